The molecular weight excluding hydrogens is 482 g/mol. The Morgan fingerprint density at radius 2 is 1.47 bits per heavy atom. The minimum Gasteiger partial charge on any atom is -0.456 e. The van der Waals surface area contributed by atoms with Gasteiger partial charge in [-0.2, -0.15) is 30.4 Å². The van der Waals surface area contributed by atoms with Gasteiger partial charge in [0.05, 0.1) is 4.08 Å². The van der Waals surface area contributed by atoms with Gasteiger partial charge in [0.2, 0.25) is 0 Å². The second-order valence-corrected chi connectivity index (χ2v) is 13.0. The van der Waals surface area contributed by atoms with Crippen LogP contribution in [-0.2, 0) is 19.6 Å². The van der Waals surface area contributed by atoms with Crippen molar-refractivity contribution in [2.24, 2.45) is 17.8 Å². The maximum absolute atomic E-state index is 14.8. The molecule has 14 heteroatoms. The Hall–Kier alpha value is -0.340. The van der Waals surface area contributed by atoms with Crippen molar-refractivity contribution in [3.63, 3.8) is 0 Å². The lowest BCUT2D eigenvalue weighted by Crippen LogP contribution is -2.66. The molecule has 0 aromatic heterocycles. The first-order valence-corrected chi connectivity index (χ1v) is 12.6. The first kappa shape index (κ1) is 22.8. The van der Waals surface area contributed by atoms with Crippen LogP contribution in [0, 0.1) is 17.8 Å². The monoisotopic (exact) mass is 500 g/mol. The van der Waals surface area contributed by atoms with E-state index in [0.29, 0.717) is 0 Å². The first-order chi connectivity index (χ1) is 13.6. The number of thioether (sulfide) groups is 2. The first-order valence-electron chi connectivity index (χ1n) is 9.20. The number of rotatable bonds is 4. The van der Waals surface area contributed by atoms with Crippen LogP contribution in [0.25, 0.3) is 0 Å². The molecule has 5 fully saturated rings. The van der Waals surface area contributed by atoms with Gasteiger partial charge in [0.25, 0.3) is 0 Å². The number of carbonyl (C=O) groups is 1. The Labute approximate surface area is 176 Å². The van der Waals surface area contributed by atoms with E-state index in [1.165, 1.54) is 0 Å². The maximum Gasteiger partial charge on any atom is 0.458 e. The zero-order valence-electron chi connectivity index (χ0n) is 15.3. The van der Waals surface area contributed by atoms with Crippen molar-refractivity contribution in [2.45, 2.75) is 58.9 Å². The highest BCUT2D eigenvalue weighted by atomic mass is 32.2. The summed E-state index contributed by atoms with van der Waals surface area (Å²) < 4.78 is 117. The van der Waals surface area contributed by atoms with Crippen LogP contribution in [0.4, 0.5) is 26.3 Å². The standard InChI is InChI=1S/C16H18F6O5S3/c17-14(30(24,25)26,15(18,19)16(20,21)22)11(23)27-12-5-8-3-9(6-12)13(10(4-8)7-12)28-1-2-29-13/h8-10H,1-7H2,(H,24,25,26). The average Bonchev–Trinajstić information content (AvgIpc) is 3.06. The van der Waals surface area contributed by atoms with Crippen molar-refractivity contribution >= 4 is 39.6 Å². The van der Waals surface area contributed by atoms with E-state index < -0.39 is 38.8 Å². The molecule has 5 nitrogen and oxygen atoms in total. The Balaban J connectivity index is 1.66. The Bertz CT molecular complexity index is 838. The normalized spacial score (nSPS) is 37.4. The van der Waals surface area contributed by atoms with E-state index in [4.69, 9.17) is 9.29 Å². The van der Waals surface area contributed by atoms with Crippen molar-refractivity contribution < 1.29 is 48.8 Å². The molecule has 4 saturated carbocycles. The summed E-state index contributed by atoms with van der Waals surface area (Å²) in [5.41, 5.74) is -1.52. The van der Waals surface area contributed by atoms with Gasteiger partial charge >= 0.3 is 33.2 Å². The summed E-state index contributed by atoms with van der Waals surface area (Å²) in [6, 6.07) is 0. The molecule has 1 saturated heterocycles. The summed E-state index contributed by atoms with van der Waals surface area (Å²) in [6.45, 7) is 0. The maximum atomic E-state index is 14.8. The van der Waals surface area contributed by atoms with E-state index in [0.717, 1.165) is 24.3 Å². The van der Waals surface area contributed by atoms with Crippen LogP contribution in [0.1, 0.15) is 32.1 Å². The lowest BCUT2D eigenvalue weighted by Gasteiger charge is -2.63. The molecule has 1 spiro atoms. The summed E-state index contributed by atoms with van der Waals surface area (Å²) in [5.74, 6) is -7.83. The van der Waals surface area contributed by atoms with Gasteiger partial charge in [-0.25, -0.2) is 9.18 Å². The van der Waals surface area contributed by atoms with Gasteiger partial charge < -0.3 is 4.74 Å². The van der Waals surface area contributed by atoms with Gasteiger partial charge in [-0.05, 0) is 49.9 Å². The molecule has 5 aliphatic rings. The van der Waals surface area contributed by atoms with E-state index >= 15 is 0 Å². The molecule has 0 amide bonds. The molecule has 1 heterocycles. The fraction of sp³-hybridized carbons (Fsp3) is 0.938. The summed E-state index contributed by atoms with van der Waals surface area (Å²) >= 11 is 3.52. The van der Waals surface area contributed by atoms with Crippen LogP contribution in [0.3, 0.4) is 0 Å². The largest absolute Gasteiger partial charge is 0.458 e. The zero-order chi connectivity index (χ0) is 22.4. The molecule has 172 valence electrons. The highest BCUT2D eigenvalue weighted by molar-refractivity contribution is 8.21. The molecule has 0 radical (unpaired) electrons. The third-order valence-corrected chi connectivity index (χ3v) is 11.8. The molecule has 0 aromatic carbocycles. The predicted molar refractivity (Wildman–Crippen MR) is 96.4 cm³/mol. The second-order valence-electron chi connectivity index (χ2n) is 8.48. The highest BCUT2D eigenvalue weighted by Crippen LogP contribution is 2.70. The number of hydrogen-bond acceptors (Lipinski definition) is 6. The smallest absolute Gasteiger partial charge is 0.456 e. The molecule has 3 unspecified atom stereocenters. The van der Waals surface area contributed by atoms with Gasteiger partial charge in [0.1, 0.15) is 5.60 Å². The third kappa shape index (κ3) is 2.95. The van der Waals surface area contributed by atoms with Gasteiger partial charge in [0.15, 0.2) is 0 Å². The van der Waals surface area contributed by atoms with Crippen molar-refractivity contribution in [1.82, 2.24) is 0 Å². The predicted octanol–water partition coefficient (Wildman–Crippen LogP) is 4.04. The summed E-state index contributed by atoms with van der Waals surface area (Å²) in [5, 5.41) is -5.99. The van der Waals surface area contributed by atoms with E-state index in [9.17, 15) is 39.6 Å². The van der Waals surface area contributed by atoms with Crippen LogP contribution in [0.15, 0.2) is 0 Å². The van der Waals surface area contributed by atoms with Crippen molar-refractivity contribution in [3.05, 3.63) is 0 Å². The number of halogens is 6. The molecular formula is C16H18F6O5S3. The summed E-state index contributed by atoms with van der Waals surface area (Å²) in [7, 11) is -6.83. The third-order valence-electron chi connectivity index (χ3n) is 6.70. The Morgan fingerprint density at radius 1 is 0.967 bits per heavy atom. The van der Waals surface area contributed by atoms with E-state index in [1.807, 2.05) is 0 Å². The fourth-order valence-corrected chi connectivity index (χ4v) is 10.2. The molecule has 1 N–H and O–H groups in total. The summed E-state index contributed by atoms with van der Waals surface area (Å²) in [4.78, 5) is 12.3. The van der Waals surface area contributed by atoms with E-state index in [2.05, 4.69) is 0 Å². The van der Waals surface area contributed by atoms with Crippen LogP contribution in [0.2, 0.25) is 0 Å². The molecule has 1 aliphatic heterocycles. The van der Waals surface area contributed by atoms with Crippen LogP contribution in [-0.4, -0.2) is 57.2 Å². The van der Waals surface area contributed by atoms with Crippen molar-refractivity contribution in [3.8, 4) is 0 Å². The number of esters is 1. The van der Waals surface area contributed by atoms with E-state index in [-0.39, 0.29) is 41.1 Å². The molecule has 4 aliphatic carbocycles. The minimum atomic E-state index is -6.83. The van der Waals surface area contributed by atoms with Gasteiger partial charge in [0, 0.05) is 11.5 Å². The SMILES string of the molecule is O=C(OC12CC3CC(C1)C1(SCCS1)C(C3)C2)C(F)(C(F)(F)C(F)(F)F)S(=O)(=O)O. The van der Waals surface area contributed by atoms with Gasteiger partial charge in [-0.15, -0.1) is 23.5 Å². The molecule has 3 atom stereocenters. The number of alkyl halides is 6. The van der Waals surface area contributed by atoms with Gasteiger partial charge in [-0.3, -0.25) is 4.55 Å². The topological polar surface area (TPSA) is 80.7 Å². The van der Waals surface area contributed by atoms with Crippen LogP contribution >= 0.6 is 23.5 Å². The van der Waals surface area contributed by atoms with Crippen molar-refractivity contribution in [2.75, 3.05) is 11.5 Å². The number of ether oxygens (including phenoxy) is 1. The molecule has 30 heavy (non-hydrogen) atoms. The van der Waals surface area contributed by atoms with Crippen molar-refractivity contribution in [1.29, 1.82) is 0 Å². The number of carbonyl (C=O) groups excluding carboxylic acids is 1. The quantitative estimate of drug-likeness (QED) is 0.355. The lowest BCUT2D eigenvalue weighted by molar-refractivity contribution is -0.313. The highest BCUT2D eigenvalue weighted by Gasteiger charge is 2.82. The second kappa shape index (κ2) is 6.60. The average molecular weight is 501 g/mol. The molecule has 0 aromatic rings. The Kier molecular flexibility index (Phi) is 5.02. The van der Waals surface area contributed by atoms with Crippen LogP contribution in [0.5, 0.6) is 0 Å². The fourth-order valence-electron chi connectivity index (χ4n) is 5.74. The van der Waals surface area contributed by atoms with Crippen LogP contribution < -0.4 is 0 Å². The Morgan fingerprint density at radius 3 is 1.90 bits per heavy atom. The minimum absolute atomic E-state index is 0.0167. The molecule has 5 rings (SSSR count). The number of hydrogen-bond donors (Lipinski definition) is 1. The summed E-state index contributed by atoms with van der Waals surface area (Å²) in [6.07, 6.45) is -4.81. The van der Waals surface area contributed by atoms with Gasteiger partial charge in [-0.1, -0.05) is 0 Å². The zero-order valence-corrected chi connectivity index (χ0v) is 17.7. The lowest BCUT2D eigenvalue weighted by atomic mass is 9.53. The molecule has 4 bridgehead atoms. The van der Waals surface area contributed by atoms with E-state index in [1.54, 1.807) is 23.5 Å².